The van der Waals surface area contributed by atoms with E-state index in [2.05, 4.69) is 28.2 Å². The van der Waals surface area contributed by atoms with Gasteiger partial charge in [0.2, 0.25) is 11.8 Å². The number of rotatable bonds is 2. The van der Waals surface area contributed by atoms with Gasteiger partial charge in [0.1, 0.15) is 0 Å². The minimum absolute atomic E-state index is 0.248. The monoisotopic (exact) mass is 364 g/mol. The van der Waals surface area contributed by atoms with E-state index in [4.69, 9.17) is 11.6 Å². The summed E-state index contributed by atoms with van der Waals surface area (Å²) in [7, 11) is 0. The molecule has 0 spiro atoms. The zero-order valence-corrected chi connectivity index (χ0v) is 14.8. The van der Waals surface area contributed by atoms with E-state index in [1.807, 2.05) is 24.3 Å². The molecule has 2 aliphatic rings. The molecular formula is C21H17ClN2O2. The van der Waals surface area contributed by atoms with Crippen molar-refractivity contribution in [3.05, 3.63) is 70.4 Å². The van der Waals surface area contributed by atoms with Crippen molar-refractivity contribution in [3.63, 3.8) is 0 Å². The molecule has 2 atom stereocenters. The summed E-state index contributed by atoms with van der Waals surface area (Å²) in [6.07, 6.45) is 4.18. The van der Waals surface area contributed by atoms with Crippen LogP contribution in [-0.4, -0.2) is 16.4 Å². The number of aryl methyl sites for hydroxylation is 2. The number of aromatic nitrogens is 1. The Bertz CT molecular complexity index is 1070. The third-order valence-corrected chi connectivity index (χ3v) is 5.90. The van der Waals surface area contributed by atoms with Gasteiger partial charge in [-0.05, 0) is 47.7 Å². The smallest absolute Gasteiger partial charge is 0.235 e. The van der Waals surface area contributed by atoms with Gasteiger partial charge in [0, 0.05) is 23.2 Å². The Balaban J connectivity index is 1.68. The topological polar surface area (TPSA) is 51.1 Å². The zero-order valence-electron chi connectivity index (χ0n) is 14.0. The van der Waals surface area contributed by atoms with Crippen molar-refractivity contribution in [1.82, 2.24) is 9.88 Å². The van der Waals surface area contributed by atoms with E-state index in [9.17, 15) is 9.59 Å². The number of amides is 2. The van der Waals surface area contributed by atoms with Crippen molar-refractivity contribution in [2.75, 3.05) is 0 Å². The average molecular weight is 365 g/mol. The average Bonchev–Trinajstić information content (AvgIpc) is 3.17. The Morgan fingerprint density at radius 2 is 1.85 bits per heavy atom. The third kappa shape index (κ3) is 2.22. The fourth-order valence-electron chi connectivity index (χ4n) is 4.43. The maximum atomic E-state index is 12.7. The summed E-state index contributed by atoms with van der Waals surface area (Å²) in [6.45, 7) is 1.03. The van der Waals surface area contributed by atoms with Gasteiger partial charge in [-0.2, -0.15) is 0 Å². The molecule has 5 heteroatoms. The molecule has 26 heavy (non-hydrogen) atoms. The fraction of sp³-hybridized carbons (Fsp3) is 0.238. The first-order chi connectivity index (χ1) is 12.6. The van der Waals surface area contributed by atoms with Crippen LogP contribution >= 0.6 is 11.6 Å². The molecule has 2 aromatic carbocycles. The number of hydrogen-bond acceptors (Lipinski definition) is 2. The first-order valence-electron chi connectivity index (χ1n) is 8.84. The van der Waals surface area contributed by atoms with E-state index in [0.29, 0.717) is 10.6 Å². The SMILES string of the molecule is O=C1NC(=O)[C@H](c2ccccc2Cl)[C@H]1c1cc2c3c(ccn3CCC2)c1. The summed E-state index contributed by atoms with van der Waals surface area (Å²) in [5, 5.41) is 4.15. The van der Waals surface area contributed by atoms with Crippen LogP contribution in [0.4, 0.5) is 0 Å². The van der Waals surface area contributed by atoms with Crippen LogP contribution in [0.25, 0.3) is 10.9 Å². The number of nitrogens with zero attached hydrogens (tertiary/aromatic N) is 1. The Morgan fingerprint density at radius 1 is 1.04 bits per heavy atom. The summed E-state index contributed by atoms with van der Waals surface area (Å²) >= 11 is 6.34. The Morgan fingerprint density at radius 3 is 2.69 bits per heavy atom. The van der Waals surface area contributed by atoms with Crippen molar-refractivity contribution in [1.29, 1.82) is 0 Å². The van der Waals surface area contributed by atoms with Gasteiger partial charge in [-0.15, -0.1) is 0 Å². The minimum atomic E-state index is -0.591. The van der Waals surface area contributed by atoms with Crippen LogP contribution in [0, 0.1) is 0 Å². The van der Waals surface area contributed by atoms with Crippen molar-refractivity contribution in [2.24, 2.45) is 0 Å². The molecule has 0 aliphatic carbocycles. The highest BCUT2D eigenvalue weighted by Crippen LogP contribution is 2.42. The number of hydrogen-bond donors (Lipinski definition) is 1. The predicted molar refractivity (Wildman–Crippen MR) is 100 cm³/mol. The third-order valence-electron chi connectivity index (χ3n) is 5.55. The van der Waals surface area contributed by atoms with Crippen molar-refractivity contribution in [3.8, 4) is 0 Å². The van der Waals surface area contributed by atoms with E-state index in [1.165, 1.54) is 11.1 Å². The Labute approximate surface area is 155 Å². The van der Waals surface area contributed by atoms with Crippen LogP contribution in [-0.2, 0) is 22.6 Å². The highest BCUT2D eigenvalue weighted by molar-refractivity contribution is 6.32. The lowest BCUT2D eigenvalue weighted by Gasteiger charge is -2.21. The van der Waals surface area contributed by atoms with Gasteiger partial charge in [-0.25, -0.2) is 0 Å². The summed E-state index contributed by atoms with van der Waals surface area (Å²) < 4.78 is 2.27. The predicted octanol–water partition coefficient (Wildman–Crippen LogP) is 3.76. The number of benzene rings is 2. The van der Waals surface area contributed by atoms with Crippen LogP contribution in [0.2, 0.25) is 5.02 Å². The van der Waals surface area contributed by atoms with Crippen LogP contribution < -0.4 is 5.32 Å². The van der Waals surface area contributed by atoms with Gasteiger partial charge in [0.25, 0.3) is 0 Å². The summed E-state index contributed by atoms with van der Waals surface area (Å²) in [6, 6.07) is 13.5. The van der Waals surface area contributed by atoms with Gasteiger partial charge in [0.15, 0.2) is 0 Å². The normalized spacial score (nSPS) is 22.0. The quantitative estimate of drug-likeness (QED) is 0.704. The second-order valence-electron chi connectivity index (χ2n) is 7.06. The second-order valence-corrected chi connectivity index (χ2v) is 7.47. The maximum absolute atomic E-state index is 12.7. The molecule has 1 aromatic heterocycles. The van der Waals surface area contributed by atoms with E-state index in [1.54, 1.807) is 6.07 Å². The lowest BCUT2D eigenvalue weighted by atomic mass is 9.82. The molecule has 3 aromatic rings. The number of carbonyl (C=O) groups is 2. The number of carbonyl (C=O) groups excluding carboxylic acids is 2. The summed E-state index contributed by atoms with van der Waals surface area (Å²) in [5.74, 6) is -1.67. The highest BCUT2D eigenvalue weighted by atomic mass is 35.5. The number of imide groups is 1. The largest absolute Gasteiger partial charge is 0.347 e. The maximum Gasteiger partial charge on any atom is 0.235 e. The van der Waals surface area contributed by atoms with Crippen molar-refractivity contribution in [2.45, 2.75) is 31.2 Å². The molecule has 0 bridgehead atoms. The summed E-state index contributed by atoms with van der Waals surface area (Å²) in [5.41, 5.74) is 4.09. The summed E-state index contributed by atoms with van der Waals surface area (Å²) in [4.78, 5) is 25.2. The van der Waals surface area contributed by atoms with Crippen LogP contribution in [0.15, 0.2) is 48.7 Å². The van der Waals surface area contributed by atoms with E-state index >= 15 is 0 Å². The Hall–Kier alpha value is -2.59. The lowest BCUT2D eigenvalue weighted by Crippen LogP contribution is -2.22. The van der Waals surface area contributed by atoms with E-state index < -0.39 is 11.8 Å². The van der Waals surface area contributed by atoms with E-state index in [-0.39, 0.29) is 11.8 Å². The molecular weight excluding hydrogens is 348 g/mol. The standard InChI is InChI=1S/C21H17ClN2O2/c22-16-6-2-1-5-15(16)18-17(20(25)23-21(18)26)14-10-12-4-3-8-24-9-7-13(11-14)19(12)24/h1-2,5-7,9-11,17-18H,3-4,8H2,(H,23,25,26)/t17-,18-/m1/s1. The van der Waals surface area contributed by atoms with Gasteiger partial charge < -0.3 is 4.57 Å². The van der Waals surface area contributed by atoms with Crippen LogP contribution in [0.3, 0.4) is 0 Å². The molecule has 130 valence electrons. The molecule has 5 rings (SSSR count). The first-order valence-corrected chi connectivity index (χ1v) is 9.22. The molecule has 2 amide bonds. The van der Waals surface area contributed by atoms with Gasteiger partial charge >= 0.3 is 0 Å². The molecule has 1 saturated heterocycles. The van der Waals surface area contributed by atoms with E-state index in [0.717, 1.165) is 30.3 Å². The molecule has 2 aliphatic heterocycles. The molecule has 0 radical (unpaired) electrons. The van der Waals surface area contributed by atoms with Gasteiger partial charge in [-0.3, -0.25) is 14.9 Å². The zero-order chi connectivity index (χ0) is 17.8. The number of halogens is 1. The lowest BCUT2D eigenvalue weighted by molar-refractivity contribution is -0.125. The van der Waals surface area contributed by atoms with Crippen molar-refractivity contribution >= 4 is 34.3 Å². The minimum Gasteiger partial charge on any atom is -0.347 e. The van der Waals surface area contributed by atoms with Gasteiger partial charge in [0.05, 0.1) is 17.4 Å². The van der Waals surface area contributed by atoms with Crippen molar-refractivity contribution < 1.29 is 9.59 Å². The molecule has 0 unspecified atom stereocenters. The first kappa shape index (κ1) is 15.6. The molecule has 0 saturated carbocycles. The molecule has 1 N–H and O–H groups in total. The molecule has 4 nitrogen and oxygen atoms in total. The van der Waals surface area contributed by atoms with Crippen LogP contribution in [0.5, 0.6) is 0 Å². The molecule has 1 fully saturated rings. The molecule has 3 heterocycles. The van der Waals surface area contributed by atoms with Gasteiger partial charge in [-0.1, -0.05) is 35.9 Å². The van der Waals surface area contributed by atoms with Crippen LogP contribution in [0.1, 0.15) is 34.9 Å². The second kappa shape index (κ2) is 5.71. The number of nitrogens with one attached hydrogen (secondary N) is 1. The Kier molecular flexibility index (Phi) is 3.44. The fourth-order valence-corrected chi connectivity index (χ4v) is 4.69. The highest BCUT2D eigenvalue weighted by Gasteiger charge is 2.44.